The zero-order valence-electron chi connectivity index (χ0n) is 9.71. The van der Waals surface area contributed by atoms with E-state index in [0.29, 0.717) is 10.8 Å². The van der Waals surface area contributed by atoms with Crippen molar-refractivity contribution < 1.29 is 14.9 Å². The van der Waals surface area contributed by atoms with Crippen LogP contribution in [-0.2, 0) is 0 Å². The van der Waals surface area contributed by atoms with E-state index in [0.717, 1.165) is 0 Å². The van der Waals surface area contributed by atoms with Crippen LogP contribution < -0.4 is 0 Å². The molecule has 1 aromatic rings. The van der Waals surface area contributed by atoms with Gasteiger partial charge in [0.1, 0.15) is 0 Å². The van der Waals surface area contributed by atoms with Crippen LogP contribution in [0.2, 0.25) is 0 Å². The summed E-state index contributed by atoms with van der Waals surface area (Å²) >= 11 is 6.84. The van der Waals surface area contributed by atoms with Crippen LogP contribution in [0.15, 0.2) is 14.8 Å². The second-order valence-electron chi connectivity index (χ2n) is 4.50. The molecule has 0 aliphatic rings. The molecule has 2 N–H and O–H groups in total. The summed E-state index contributed by atoms with van der Waals surface area (Å²) in [4.78, 5) is 0. The monoisotopic (exact) mass is 279 g/mol. The minimum atomic E-state index is -0.512. The molecule has 0 saturated heterocycles. The minimum absolute atomic E-state index is 0.167. The lowest BCUT2D eigenvalue weighted by atomic mass is 9.90. The first-order valence-corrected chi connectivity index (χ1v) is 6.24. The van der Waals surface area contributed by atoms with Gasteiger partial charge >= 0.3 is 0 Å². The molecule has 1 aromatic heterocycles. The first-order valence-electron chi connectivity index (χ1n) is 4.87. The Kier molecular flexibility index (Phi) is 4.79. The quantitative estimate of drug-likeness (QED) is 0.379. The molecule has 1 heterocycles. The maximum atomic E-state index is 9.86. The second-order valence-corrected chi connectivity index (χ2v) is 5.87. The molecule has 0 aliphatic carbocycles. The smallest absolute Gasteiger partial charge is 0.200 e. The van der Waals surface area contributed by atoms with Gasteiger partial charge in [0.15, 0.2) is 15.9 Å². The summed E-state index contributed by atoms with van der Waals surface area (Å²) in [6, 6.07) is 0. The first kappa shape index (κ1) is 14.3. The minimum Gasteiger partial charge on any atom is -0.410 e. The Bertz CT molecular complexity index is 402. The lowest BCUT2D eigenvalue weighted by Crippen LogP contribution is -2.28. The summed E-state index contributed by atoms with van der Waals surface area (Å²) in [6.07, 6.45) is -0.512. The predicted octanol–water partition coefficient (Wildman–Crippen LogP) is 1.94. The van der Waals surface area contributed by atoms with E-state index in [9.17, 15) is 5.11 Å². The third kappa shape index (κ3) is 3.86. The second kappa shape index (κ2) is 5.70. The molecule has 6 nitrogen and oxygen atoms in total. The number of nitrogens with zero attached hydrogens (tertiary/aromatic N) is 3. The summed E-state index contributed by atoms with van der Waals surface area (Å²) in [7, 11) is 0. The van der Waals surface area contributed by atoms with Gasteiger partial charge in [-0.05, 0) is 15.7 Å². The number of hydrogen-bond acceptors (Lipinski definition) is 7. The maximum Gasteiger partial charge on any atom is 0.200 e. The van der Waals surface area contributed by atoms with Crippen molar-refractivity contribution in [1.82, 2.24) is 10.3 Å². The number of halogens is 1. The molecule has 8 heteroatoms. The third-order valence-corrected chi connectivity index (χ3v) is 3.40. The average molecular weight is 280 g/mol. The molecular formula is C9H14ClN3O3S. The number of oxime groups is 1. The van der Waals surface area contributed by atoms with E-state index < -0.39 is 6.10 Å². The van der Waals surface area contributed by atoms with Crippen molar-refractivity contribution in [1.29, 1.82) is 0 Å². The third-order valence-electron chi connectivity index (χ3n) is 2.12. The summed E-state index contributed by atoms with van der Waals surface area (Å²) in [5.41, 5.74) is -0.0561. The molecule has 0 spiro atoms. The van der Waals surface area contributed by atoms with Crippen molar-refractivity contribution in [3.63, 3.8) is 0 Å². The molecule has 1 rings (SSSR count). The highest BCUT2D eigenvalue weighted by atomic mass is 35.5. The SMILES string of the molecule is CC(C)(C)C(O)CSc1nonc1/C(Cl)=N/O. The van der Waals surface area contributed by atoms with Crippen LogP contribution >= 0.6 is 23.4 Å². The average Bonchev–Trinajstić information content (AvgIpc) is 2.71. The van der Waals surface area contributed by atoms with E-state index in [1.165, 1.54) is 11.8 Å². The van der Waals surface area contributed by atoms with Crippen LogP contribution in [0.5, 0.6) is 0 Å². The fraction of sp³-hybridized carbons (Fsp3) is 0.667. The Hall–Kier alpha value is -0.790. The van der Waals surface area contributed by atoms with Gasteiger partial charge < -0.3 is 10.3 Å². The topological polar surface area (TPSA) is 91.7 Å². The Morgan fingerprint density at radius 3 is 2.71 bits per heavy atom. The van der Waals surface area contributed by atoms with Gasteiger partial charge in [0.05, 0.1) is 6.10 Å². The molecule has 0 amide bonds. The zero-order chi connectivity index (χ0) is 13.1. The highest BCUT2D eigenvalue weighted by Gasteiger charge is 2.24. The molecule has 1 unspecified atom stereocenters. The largest absolute Gasteiger partial charge is 0.410 e. The van der Waals surface area contributed by atoms with E-state index in [4.69, 9.17) is 16.8 Å². The Labute approximate surface area is 108 Å². The van der Waals surface area contributed by atoms with Crippen LogP contribution in [-0.4, -0.2) is 37.7 Å². The fourth-order valence-electron chi connectivity index (χ4n) is 0.856. The fourth-order valence-corrected chi connectivity index (χ4v) is 2.21. The van der Waals surface area contributed by atoms with Crippen LogP contribution in [0, 0.1) is 5.41 Å². The van der Waals surface area contributed by atoms with E-state index in [1.807, 2.05) is 20.8 Å². The predicted molar refractivity (Wildman–Crippen MR) is 64.7 cm³/mol. The summed E-state index contributed by atoms with van der Waals surface area (Å²) < 4.78 is 4.51. The number of aliphatic hydroxyl groups excluding tert-OH is 1. The number of thioether (sulfide) groups is 1. The molecule has 0 saturated carbocycles. The Morgan fingerprint density at radius 2 is 2.18 bits per heavy atom. The van der Waals surface area contributed by atoms with Gasteiger partial charge in [0.25, 0.3) is 0 Å². The summed E-state index contributed by atoms with van der Waals surface area (Å²) in [6.45, 7) is 5.80. The van der Waals surface area contributed by atoms with Crippen molar-refractivity contribution in [2.24, 2.45) is 10.6 Å². The number of aliphatic hydroxyl groups is 1. The van der Waals surface area contributed by atoms with Crippen LogP contribution in [0.25, 0.3) is 0 Å². The molecule has 0 radical (unpaired) electrons. The van der Waals surface area contributed by atoms with Crippen LogP contribution in [0.3, 0.4) is 0 Å². The zero-order valence-corrected chi connectivity index (χ0v) is 11.3. The van der Waals surface area contributed by atoms with Crippen molar-refractivity contribution >= 4 is 28.5 Å². The molecular weight excluding hydrogens is 266 g/mol. The lowest BCUT2D eigenvalue weighted by Gasteiger charge is -2.24. The number of hydrogen-bond donors (Lipinski definition) is 2. The standard InChI is InChI=1S/C9H14ClN3O3S/c1-9(2,3)5(14)4-17-8-6(7(10)11-15)12-16-13-8/h5,14-15H,4H2,1-3H3/b11-7-. The molecule has 0 fully saturated rings. The summed E-state index contributed by atoms with van der Waals surface area (Å²) in [5.74, 6) is 0.417. The van der Waals surface area contributed by atoms with E-state index in [1.54, 1.807) is 0 Å². The highest BCUT2D eigenvalue weighted by Crippen LogP contribution is 2.27. The van der Waals surface area contributed by atoms with E-state index in [-0.39, 0.29) is 16.3 Å². The Morgan fingerprint density at radius 1 is 1.53 bits per heavy atom. The van der Waals surface area contributed by atoms with Crippen LogP contribution in [0.1, 0.15) is 26.5 Å². The maximum absolute atomic E-state index is 9.86. The van der Waals surface area contributed by atoms with Crippen molar-refractivity contribution in [3.8, 4) is 0 Å². The molecule has 0 bridgehead atoms. The molecule has 1 atom stereocenters. The van der Waals surface area contributed by atoms with Gasteiger partial charge in [-0.25, -0.2) is 4.63 Å². The van der Waals surface area contributed by atoms with Gasteiger partial charge in [-0.15, -0.1) is 0 Å². The van der Waals surface area contributed by atoms with E-state index in [2.05, 4.69) is 20.1 Å². The molecule has 17 heavy (non-hydrogen) atoms. The van der Waals surface area contributed by atoms with Gasteiger partial charge in [-0.3, -0.25) is 0 Å². The van der Waals surface area contributed by atoms with Crippen LogP contribution in [0.4, 0.5) is 0 Å². The first-order chi connectivity index (χ1) is 7.86. The number of rotatable bonds is 4. The molecule has 96 valence electrons. The van der Waals surface area contributed by atoms with Crippen molar-refractivity contribution in [2.75, 3.05) is 5.75 Å². The van der Waals surface area contributed by atoms with E-state index >= 15 is 0 Å². The lowest BCUT2D eigenvalue weighted by molar-refractivity contribution is 0.0842. The Balaban J connectivity index is 2.68. The van der Waals surface area contributed by atoms with Crippen molar-refractivity contribution in [3.05, 3.63) is 5.69 Å². The van der Waals surface area contributed by atoms with Gasteiger partial charge in [0, 0.05) is 5.75 Å². The summed E-state index contributed by atoms with van der Waals surface area (Å²) in [5, 5.41) is 28.5. The number of aromatic nitrogens is 2. The van der Waals surface area contributed by atoms with Crippen molar-refractivity contribution in [2.45, 2.75) is 31.9 Å². The normalized spacial score (nSPS) is 15.0. The molecule has 0 aliphatic heterocycles. The molecule has 0 aromatic carbocycles. The van der Waals surface area contributed by atoms with Gasteiger partial charge in [-0.1, -0.05) is 49.3 Å². The highest BCUT2D eigenvalue weighted by molar-refractivity contribution is 7.99. The van der Waals surface area contributed by atoms with Gasteiger partial charge in [0.2, 0.25) is 0 Å². The van der Waals surface area contributed by atoms with Gasteiger partial charge in [-0.2, -0.15) is 0 Å².